The number of nitrogens with one attached hydrogen (secondary N) is 1. The number of carbonyl (C=O) groups is 1. The van der Waals surface area contributed by atoms with Gasteiger partial charge < -0.3 is 9.88 Å². The molecule has 3 heteroatoms. The SMILES string of the molecule is CNCc1ccc(-n2ccc3c2CCCC3=O)cc1. The second-order valence-corrected chi connectivity index (χ2v) is 5.02. The predicted molar refractivity (Wildman–Crippen MR) is 75.8 cm³/mol. The largest absolute Gasteiger partial charge is 0.320 e. The zero-order valence-corrected chi connectivity index (χ0v) is 11.1. The Labute approximate surface area is 113 Å². The van der Waals surface area contributed by atoms with Crippen molar-refractivity contribution >= 4 is 5.78 Å². The van der Waals surface area contributed by atoms with Crippen LogP contribution in [0.2, 0.25) is 0 Å². The minimum atomic E-state index is 0.284. The second kappa shape index (κ2) is 5.02. The van der Waals surface area contributed by atoms with Crippen LogP contribution < -0.4 is 5.32 Å². The minimum Gasteiger partial charge on any atom is -0.320 e. The summed E-state index contributed by atoms with van der Waals surface area (Å²) in [6, 6.07) is 10.4. The third-order valence-corrected chi connectivity index (χ3v) is 3.71. The molecule has 2 aromatic rings. The van der Waals surface area contributed by atoms with Crippen LogP contribution in [0.15, 0.2) is 36.5 Å². The Morgan fingerprint density at radius 3 is 2.68 bits per heavy atom. The average molecular weight is 254 g/mol. The third kappa shape index (κ3) is 2.22. The quantitative estimate of drug-likeness (QED) is 0.913. The molecule has 1 aromatic heterocycles. The standard InChI is InChI=1S/C16H18N2O/c1-17-11-12-5-7-13(8-6-12)18-10-9-14-15(18)3-2-4-16(14)19/h5-10,17H,2-4,11H2,1H3. The van der Waals surface area contributed by atoms with Crippen molar-refractivity contribution in [3.8, 4) is 5.69 Å². The summed E-state index contributed by atoms with van der Waals surface area (Å²) in [5.74, 6) is 0.284. The number of rotatable bonds is 3. The molecule has 0 spiro atoms. The molecule has 0 atom stereocenters. The highest BCUT2D eigenvalue weighted by atomic mass is 16.1. The molecular weight excluding hydrogens is 236 g/mol. The molecule has 0 unspecified atom stereocenters. The van der Waals surface area contributed by atoms with Crippen LogP contribution in [-0.2, 0) is 13.0 Å². The number of aromatic nitrogens is 1. The van der Waals surface area contributed by atoms with Crippen molar-refractivity contribution < 1.29 is 4.79 Å². The first kappa shape index (κ1) is 12.2. The second-order valence-electron chi connectivity index (χ2n) is 5.02. The van der Waals surface area contributed by atoms with E-state index in [1.165, 1.54) is 5.56 Å². The van der Waals surface area contributed by atoms with Gasteiger partial charge in [-0.2, -0.15) is 0 Å². The van der Waals surface area contributed by atoms with E-state index in [1.807, 2.05) is 19.3 Å². The molecule has 0 bridgehead atoms. The predicted octanol–water partition coefficient (Wildman–Crippen LogP) is 2.72. The van der Waals surface area contributed by atoms with Gasteiger partial charge in [0.2, 0.25) is 0 Å². The van der Waals surface area contributed by atoms with Gasteiger partial charge in [-0.25, -0.2) is 0 Å². The van der Waals surface area contributed by atoms with Crippen LogP contribution in [0.25, 0.3) is 5.69 Å². The number of Topliss-reactive ketones (excluding diaryl/α,β-unsaturated/α-hetero) is 1. The molecule has 1 N–H and O–H groups in total. The van der Waals surface area contributed by atoms with E-state index in [2.05, 4.69) is 34.1 Å². The number of ketones is 1. The molecule has 98 valence electrons. The molecule has 0 amide bonds. The van der Waals surface area contributed by atoms with Crippen molar-refractivity contribution in [3.05, 3.63) is 53.3 Å². The van der Waals surface area contributed by atoms with Gasteiger partial charge in [0, 0.05) is 36.1 Å². The number of nitrogens with zero attached hydrogens (tertiary/aromatic N) is 1. The fourth-order valence-electron chi connectivity index (χ4n) is 2.75. The van der Waals surface area contributed by atoms with E-state index in [0.29, 0.717) is 6.42 Å². The van der Waals surface area contributed by atoms with Crippen molar-refractivity contribution in [2.45, 2.75) is 25.8 Å². The van der Waals surface area contributed by atoms with Gasteiger partial charge in [-0.05, 0) is 43.7 Å². The fourth-order valence-corrected chi connectivity index (χ4v) is 2.75. The average Bonchev–Trinajstić information content (AvgIpc) is 2.85. The van der Waals surface area contributed by atoms with Gasteiger partial charge in [0.15, 0.2) is 5.78 Å². The van der Waals surface area contributed by atoms with Crippen molar-refractivity contribution in [3.63, 3.8) is 0 Å². The van der Waals surface area contributed by atoms with Gasteiger partial charge >= 0.3 is 0 Å². The molecule has 0 fully saturated rings. The Bertz CT molecular complexity index is 596. The van der Waals surface area contributed by atoms with Crippen LogP contribution in [0.3, 0.4) is 0 Å². The number of hydrogen-bond donors (Lipinski definition) is 1. The molecule has 0 aliphatic heterocycles. The van der Waals surface area contributed by atoms with Crippen molar-refractivity contribution in [2.24, 2.45) is 0 Å². The smallest absolute Gasteiger partial charge is 0.164 e. The van der Waals surface area contributed by atoms with Crippen LogP contribution in [0, 0.1) is 0 Å². The highest BCUT2D eigenvalue weighted by Gasteiger charge is 2.20. The number of benzene rings is 1. The summed E-state index contributed by atoms with van der Waals surface area (Å²) >= 11 is 0. The lowest BCUT2D eigenvalue weighted by Crippen LogP contribution is -2.12. The molecule has 3 rings (SSSR count). The Balaban J connectivity index is 1.96. The molecule has 1 aliphatic rings. The summed E-state index contributed by atoms with van der Waals surface area (Å²) in [5.41, 5.74) is 4.47. The summed E-state index contributed by atoms with van der Waals surface area (Å²) in [5, 5.41) is 3.14. The number of hydrogen-bond acceptors (Lipinski definition) is 2. The minimum absolute atomic E-state index is 0.284. The monoisotopic (exact) mass is 254 g/mol. The highest BCUT2D eigenvalue weighted by molar-refractivity contribution is 5.98. The van der Waals surface area contributed by atoms with E-state index in [1.54, 1.807) is 0 Å². The molecule has 1 aromatic carbocycles. The van der Waals surface area contributed by atoms with Gasteiger partial charge in [0.25, 0.3) is 0 Å². The van der Waals surface area contributed by atoms with Crippen molar-refractivity contribution in [1.82, 2.24) is 9.88 Å². The first-order valence-corrected chi connectivity index (χ1v) is 6.77. The van der Waals surface area contributed by atoms with Crippen LogP contribution in [-0.4, -0.2) is 17.4 Å². The van der Waals surface area contributed by atoms with Gasteiger partial charge in [-0.15, -0.1) is 0 Å². The maximum absolute atomic E-state index is 11.8. The topological polar surface area (TPSA) is 34.0 Å². The van der Waals surface area contributed by atoms with Gasteiger partial charge in [-0.1, -0.05) is 12.1 Å². The summed E-state index contributed by atoms with van der Waals surface area (Å²) in [6.07, 6.45) is 4.67. The van der Waals surface area contributed by atoms with Gasteiger partial charge in [-0.3, -0.25) is 4.79 Å². The van der Waals surface area contributed by atoms with E-state index >= 15 is 0 Å². The Kier molecular flexibility index (Phi) is 3.22. The Morgan fingerprint density at radius 2 is 1.95 bits per heavy atom. The first-order chi connectivity index (χ1) is 9.29. The first-order valence-electron chi connectivity index (χ1n) is 6.77. The molecular formula is C16H18N2O. The van der Waals surface area contributed by atoms with Crippen LogP contribution >= 0.6 is 0 Å². The Morgan fingerprint density at radius 1 is 1.16 bits per heavy atom. The maximum Gasteiger partial charge on any atom is 0.164 e. The molecule has 0 saturated carbocycles. The summed E-state index contributed by atoms with van der Waals surface area (Å²) in [7, 11) is 1.95. The van der Waals surface area contributed by atoms with E-state index in [-0.39, 0.29) is 5.78 Å². The summed E-state index contributed by atoms with van der Waals surface area (Å²) < 4.78 is 2.15. The lowest BCUT2D eigenvalue weighted by atomic mass is 9.97. The Hall–Kier alpha value is -1.87. The zero-order chi connectivity index (χ0) is 13.2. The zero-order valence-electron chi connectivity index (χ0n) is 11.1. The third-order valence-electron chi connectivity index (χ3n) is 3.71. The molecule has 1 heterocycles. The van der Waals surface area contributed by atoms with Gasteiger partial charge in [0.1, 0.15) is 0 Å². The molecule has 3 nitrogen and oxygen atoms in total. The van der Waals surface area contributed by atoms with Gasteiger partial charge in [0.05, 0.1) is 0 Å². The van der Waals surface area contributed by atoms with Crippen LogP contribution in [0.4, 0.5) is 0 Å². The molecule has 19 heavy (non-hydrogen) atoms. The van der Waals surface area contributed by atoms with Crippen LogP contribution in [0.1, 0.15) is 34.5 Å². The molecule has 1 aliphatic carbocycles. The van der Waals surface area contributed by atoms with Crippen molar-refractivity contribution in [1.29, 1.82) is 0 Å². The summed E-state index contributed by atoms with van der Waals surface area (Å²) in [6.45, 7) is 0.878. The van der Waals surface area contributed by atoms with E-state index in [0.717, 1.165) is 36.3 Å². The van der Waals surface area contributed by atoms with Crippen molar-refractivity contribution in [2.75, 3.05) is 7.05 Å². The highest BCUT2D eigenvalue weighted by Crippen LogP contribution is 2.25. The van der Waals surface area contributed by atoms with E-state index in [9.17, 15) is 4.79 Å². The number of fused-ring (bicyclic) bond motifs is 1. The summed E-state index contributed by atoms with van der Waals surface area (Å²) in [4.78, 5) is 11.8. The number of carbonyl (C=O) groups excluding carboxylic acids is 1. The van der Waals surface area contributed by atoms with E-state index < -0.39 is 0 Å². The molecule has 0 saturated heterocycles. The normalized spacial score (nSPS) is 14.5. The fraction of sp³-hybridized carbons (Fsp3) is 0.312. The molecule has 0 radical (unpaired) electrons. The van der Waals surface area contributed by atoms with Crippen LogP contribution in [0.5, 0.6) is 0 Å². The maximum atomic E-state index is 11.8. The lowest BCUT2D eigenvalue weighted by molar-refractivity contribution is 0.0972. The van der Waals surface area contributed by atoms with E-state index in [4.69, 9.17) is 0 Å². The lowest BCUT2D eigenvalue weighted by Gasteiger charge is -2.15.